The normalized spacial score (nSPS) is 16.1. The first-order chi connectivity index (χ1) is 14.2. The van der Waals surface area contributed by atoms with E-state index in [0.29, 0.717) is 21.9 Å². The van der Waals surface area contributed by atoms with Gasteiger partial charge in [0.15, 0.2) is 10.6 Å². The summed E-state index contributed by atoms with van der Waals surface area (Å²) in [5.74, 6) is 0.122. The number of thiazole rings is 1. The molecule has 0 spiro atoms. The summed E-state index contributed by atoms with van der Waals surface area (Å²) in [6, 6.07) is 17.3. The van der Waals surface area contributed by atoms with Crippen molar-refractivity contribution in [2.75, 3.05) is 4.90 Å². The summed E-state index contributed by atoms with van der Waals surface area (Å²) >= 11 is 1.39. The number of rotatable bonds is 2. The third kappa shape index (κ3) is 2.25. The van der Waals surface area contributed by atoms with Crippen LogP contribution in [0.2, 0.25) is 0 Å². The van der Waals surface area contributed by atoms with Crippen molar-refractivity contribution in [3.05, 3.63) is 94.2 Å². The smallest absolute Gasteiger partial charge is 0.297 e. The molecule has 140 valence electrons. The van der Waals surface area contributed by atoms with Crippen LogP contribution >= 0.6 is 11.3 Å². The predicted molar refractivity (Wildman–Crippen MR) is 109 cm³/mol. The number of hydrogen-bond acceptors (Lipinski definition) is 6. The van der Waals surface area contributed by atoms with Crippen LogP contribution in [0.15, 0.2) is 80.6 Å². The molecule has 5 aromatic rings. The minimum absolute atomic E-state index is 0.0364. The summed E-state index contributed by atoms with van der Waals surface area (Å²) < 4.78 is 12.5. The van der Waals surface area contributed by atoms with Crippen LogP contribution in [0.4, 0.5) is 5.13 Å². The maximum atomic E-state index is 13.4. The lowest BCUT2D eigenvalue weighted by molar-refractivity contribution is 0.0969. The maximum Gasteiger partial charge on any atom is 0.297 e. The van der Waals surface area contributed by atoms with Crippen LogP contribution in [0, 0.1) is 0 Å². The van der Waals surface area contributed by atoms with E-state index < -0.39 is 11.9 Å². The molecule has 1 aliphatic heterocycles. The van der Waals surface area contributed by atoms with Crippen molar-refractivity contribution < 1.29 is 13.6 Å². The largest absolute Gasteiger partial charge is 0.467 e. The monoisotopic (exact) mass is 400 g/mol. The summed E-state index contributed by atoms with van der Waals surface area (Å²) in [5.41, 5.74) is 1.22. The number of anilines is 1. The molecule has 2 aromatic carbocycles. The van der Waals surface area contributed by atoms with Gasteiger partial charge in [0.2, 0.25) is 5.76 Å². The lowest BCUT2D eigenvalue weighted by Crippen LogP contribution is -2.29. The molecular formula is C22H12N2O4S. The Morgan fingerprint density at radius 3 is 2.62 bits per heavy atom. The van der Waals surface area contributed by atoms with Gasteiger partial charge >= 0.3 is 0 Å². The molecule has 0 aliphatic carbocycles. The van der Waals surface area contributed by atoms with Gasteiger partial charge in [-0.2, -0.15) is 0 Å². The molecule has 1 unspecified atom stereocenters. The number of aromatic nitrogens is 1. The molecule has 6 nitrogen and oxygen atoms in total. The fourth-order valence-corrected chi connectivity index (χ4v) is 4.79. The number of furan rings is 1. The van der Waals surface area contributed by atoms with Gasteiger partial charge in [0.1, 0.15) is 17.4 Å². The average Bonchev–Trinajstić information content (AvgIpc) is 3.46. The molecule has 0 bridgehead atoms. The van der Waals surface area contributed by atoms with Gasteiger partial charge in [0.25, 0.3) is 5.91 Å². The van der Waals surface area contributed by atoms with E-state index in [2.05, 4.69) is 4.98 Å². The van der Waals surface area contributed by atoms with E-state index in [-0.39, 0.29) is 16.8 Å². The predicted octanol–water partition coefficient (Wildman–Crippen LogP) is 4.75. The van der Waals surface area contributed by atoms with Crippen LogP contribution in [0.5, 0.6) is 0 Å². The van der Waals surface area contributed by atoms with E-state index >= 15 is 0 Å². The molecule has 29 heavy (non-hydrogen) atoms. The number of amides is 1. The highest BCUT2D eigenvalue weighted by atomic mass is 32.1. The topological polar surface area (TPSA) is 76.6 Å². The third-order valence-electron chi connectivity index (χ3n) is 5.08. The molecule has 7 heteroatoms. The standard InChI is InChI=1S/C22H12N2O4S/c25-19-12-6-1-3-8-14(12)28-20-17(19)18(15-9-5-11-27-15)24(21(20)26)22-23-13-7-2-4-10-16(13)29-22/h1-11,18H. The van der Waals surface area contributed by atoms with Crippen molar-refractivity contribution >= 4 is 43.6 Å². The Morgan fingerprint density at radius 1 is 0.966 bits per heavy atom. The van der Waals surface area contributed by atoms with E-state index in [9.17, 15) is 9.59 Å². The van der Waals surface area contributed by atoms with Gasteiger partial charge in [-0.25, -0.2) is 4.98 Å². The Morgan fingerprint density at radius 2 is 1.79 bits per heavy atom. The number of fused-ring (bicyclic) bond motifs is 3. The van der Waals surface area contributed by atoms with Crippen molar-refractivity contribution in [2.45, 2.75) is 6.04 Å². The highest BCUT2D eigenvalue weighted by Crippen LogP contribution is 2.43. The SMILES string of the molecule is O=C1c2oc3ccccc3c(=O)c2C(c2ccco2)N1c1nc2ccccc2s1. The molecule has 3 aromatic heterocycles. The number of carbonyl (C=O) groups excluding carboxylic acids is 1. The van der Waals surface area contributed by atoms with Crippen molar-refractivity contribution in [1.29, 1.82) is 0 Å². The molecule has 4 heterocycles. The molecule has 0 saturated heterocycles. The number of hydrogen-bond donors (Lipinski definition) is 0. The van der Waals surface area contributed by atoms with Crippen molar-refractivity contribution in [3.63, 3.8) is 0 Å². The van der Waals surface area contributed by atoms with Crippen LogP contribution < -0.4 is 10.3 Å². The Kier molecular flexibility index (Phi) is 3.30. The van der Waals surface area contributed by atoms with Crippen LogP contribution in [0.25, 0.3) is 21.2 Å². The first kappa shape index (κ1) is 16.3. The highest BCUT2D eigenvalue weighted by molar-refractivity contribution is 7.22. The zero-order chi connectivity index (χ0) is 19.5. The second-order valence-electron chi connectivity index (χ2n) is 6.73. The van der Waals surface area contributed by atoms with E-state index in [1.54, 1.807) is 36.4 Å². The van der Waals surface area contributed by atoms with Crippen molar-refractivity contribution in [1.82, 2.24) is 4.98 Å². The van der Waals surface area contributed by atoms with Crippen LogP contribution in [-0.4, -0.2) is 10.9 Å². The quantitative estimate of drug-likeness (QED) is 0.428. The van der Waals surface area contributed by atoms with E-state index in [0.717, 1.165) is 10.2 Å². The number of benzene rings is 2. The van der Waals surface area contributed by atoms with Gasteiger partial charge in [0.05, 0.1) is 27.4 Å². The summed E-state index contributed by atoms with van der Waals surface area (Å²) in [7, 11) is 0. The third-order valence-corrected chi connectivity index (χ3v) is 6.11. The first-order valence-electron chi connectivity index (χ1n) is 9.00. The Hall–Kier alpha value is -3.71. The molecule has 0 N–H and O–H groups in total. The molecule has 1 amide bonds. The van der Waals surface area contributed by atoms with E-state index in [1.165, 1.54) is 22.5 Å². The molecule has 1 atom stereocenters. The van der Waals surface area contributed by atoms with Crippen LogP contribution in [0.1, 0.15) is 27.9 Å². The zero-order valence-electron chi connectivity index (χ0n) is 14.9. The van der Waals surface area contributed by atoms with Crippen LogP contribution in [0.3, 0.4) is 0 Å². The van der Waals surface area contributed by atoms with Gasteiger partial charge in [0, 0.05) is 0 Å². The highest BCUT2D eigenvalue weighted by Gasteiger charge is 2.46. The van der Waals surface area contributed by atoms with E-state index in [1.807, 2.05) is 24.3 Å². The molecule has 0 radical (unpaired) electrons. The summed E-state index contributed by atoms with van der Waals surface area (Å²) in [6.07, 6.45) is 1.52. The number of para-hydroxylation sites is 2. The minimum Gasteiger partial charge on any atom is -0.467 e. The summed E-state index contributed by atoms with van der Waals surface area (Å²) in [5, 5.41) is 0.925. The van der Waals surface area contributed by atoms with Gasteiger partial charge in [-0.1, -0.05) is 35.6 Å². The van der Waals surface area contributed by atoms with Gasteiger partial charge in [-0.05, 0) is 36.4 Å². The summed E-state index contributed by atoms with van der Waals surface area (Å²) in [4.78, 5) is 32.8. The van der Waals surface area contributed by atoms with Gasteiger partial charge < -0.3 is 8.83 Å². The zero-order valence-corrected chi connectivity index (χ0v) is 15.7. The lowest BCUT2D eigenvalue weighted by Gasteiger charge is -2.19. The van der Waals surface area contributed by atoms with Gasteiger partial charge in [-0.15, -0.1) is 0 Å². The molecule has 0 saturated carbocycles. The Balaban J connectivity index is 1.65. The first-order valence-corrected chi connectivity index (χ1v) is 9.82. The van der Waals surface area contributed by atoms with E-state index in [4.69, 9.17) is 8.83 Å². The maximum absolute atomic E-state index is 13.4. The average molecular weight is 400 g/mol. The fraction of sp³-hybridized carbons (Fsp3) is 0.0455. The molecular weight excluding hydrogens is 388 g/mol. The number of carbonyl (C=O) groups is 1. The number of nitrogens with zero attached hydrogens (tertiary/aromatic N) is 2. The summed E-state index contributed by atoms with van der Waals surface area (Å²) in [6.45, 7) is 0. The molecule has 0 fully saturated rings. The second kappa shape index (κ2) is 5.89. The van der Waals surface area contributed by atoms with Gasteiger partial charge in [-0.3, -0.25) is 14.5 Å². The molecule has 6 rings (SSSR count). The molecule has 1 aliphatic rings. The van der Waals surface area contributed by atoms with Crippen molar-refractivity contribution in [3.8, 4) is 0 Å². The second-order valence-corrected chi connectivity index (χ2v) is 7.74. The van der Waals surface area contributed by atoms with Crippen LogP contribution in [-0.2, 0) is 0 Å². The lowest BCUT2D eigenvalue weighted by atomic mass is 10.0. The minimum atomic E-state index is -0.728. The Bertz CT molecular complexity index is 1430. The Labute approximate surface area is 167 Å². The van der Waals surface area contributed by atoms with Crippen molar-refractivity contribution in [2.24, 2.45) is 0 Å². The fourth-order valence-electron chi connectivity index (χ4n) is 3.80.